The third-order valence-electron chi connectivity index (χ3n) is 3.25. The Kier molecular flexibility index (Phi) is 4.58. The smallest absolute Gasteiger partial charge is 0.325 e. The van der Waals surface area contributed by atoms with E-state index in [9.17, 15) is 9.90 Å². The Morgan fingerprint density at radius 2 is 1.95 bits per heavy atom. The van der Waals surface area contributed by atoms with E-state index >= 15 is 0 Å². The average Bonchev–Trinajstić information content (AvgIpc) is 2.46. The zero-order valence-corrected chi connectivity index (χ0v) is 11.7. The van der Waals surface area contributed by atoms with E-state index in [1.54, 1.807) is 7.11 Å². The summed E-state index contributed by atoms with van der Waals surface area (Å²) in [6.45, 7) is 2.69. The van der Waals surface area contributed by atoms with Crippen LogP contribution < -0.4 is 10.1 Å². The van der Waals surface area contributed by atoms with Gasteiger partial charge in [-0.15, -0.1) is 0 Å². The summed E-state index contributed by atoms with van der Waals surface area (Å²) in [5.41, 5.74) is 0.767. The number of methoxy groups -OCH3 is 1. The maximum absolute atomic E-state index is 11.4. The van der Waals surface area contributed by atoms with Gasteiger partial charge in [0.1, 0.15) is 11.8 Å². The third kappa shape index (κ3) is 3.08. The molecule has 0 fully saturated rings. The number of carbonyl (C=O) groups is 1. The molecule has 0 saturated carbocycles. The Bertz CT molecular complexity index is 610. The summed E-state index contributed by atoms with van der Waals surface area (Å²) >= 11 is 0. The number of aliphatic carboxylic acids is 1. The number of carboxylic acids is 1. The summed E-state index contributed by atoms with van der Waals surface area (Å²) in [5.74, 6) is -0.0598. The van der Waals surface area contributed by atoms with Crippen molar-refractivity contribution in [1.82, 2.24) is 5.32 Å². The molecule has 0 aromatic heterocycles. The standard InChI is InChI=1S/C16H19NO3/c1-3-8-17-15(16(18)19)13-5-4-12-10-14(20-2)7-6-11(12)9-13/h4-7,9-10,15,17H,3,8H2,1-2H3,(H,18,19). The second kappa shape index (κ2) is 6.39. The third-order valence-corrected chi connectivity index (χ3v) is 3.25. The summed E-state index contributed by atoms with van der Waals surface area (Å²) in [6.07, 6.45) is 0.897. The largest absolute Gasteiger partial charge is 0.497 e. The van der Waals surface area contributed by atoms with Gasteiger partial charge >= 0.3 is 5.97 Å². The normalized spacial score (nSPS) is 12.3. The van der Waals surface area contributed by atoms with Crippen molar-refractivity contribution in [3.63, 3.8) is 0 Å². The quantitative estimate of drug-likeness (QED) is 0.849. The molecule has 4 nitrogen and oxygen atoms in total. The van der Waals surface area contributed by atoms with Gasteiger partial charge in [0.2, 0.25) is 0 Å². The van der Waals surface area contributed by atoms with E-state index < -0.39 is 12.0 Å². The Morgan fingerprint density at radius 3 is 2.60 bits per heavy atom. The monoisotopic (exact) mass is 273 g/mol. The molecule has 0 heterocycles. The van der Waals surface area contributed by atoms with Crippen molar-refractivity contribution in [2.45, 2.75) is 19.4 Å². The maximum Gasteiger partial charge on any atom is 0.325 e. The molecule has 0 amide bonds. The van der Waals surface area contributed by atoms with Crippen LogP contribution in [0.5, 0.6) is 5.75 Å². The highest BCUT2D eigenvalue weighted by atomic mass is 16.5. The van der Waals surface area contributed by atoms with Crippen LogP contribution in [-0.4, -0.2) is 24.7 Å². The van der Waals surface area contributed by atoms with Gasteiger partial charge in [-0.2, -0.15) is 0 Å². The summed E-state index contributed by atoms with van der Waals surface area (Å²) < 4.78 is 5.18. The Hall–Kier alpha value is -2.07. The topological polar surface area (TPSA) is 58.6 Å². The SMILES string of the molecule is CCCNC(C(=O)O)c1ccc2cc(OC)ccc2c1. The lowest BCUT2D eigenvalue weighted by Crippen LogP contribution is -2.28. The number of carboxylic acid groups (broad SMARTS) is 1. The van der Waals surface area contributed by atoms with Gasteiger partial charge in [0.05, 0.1) is 7.11 Å². The van der Waals surface area contributed by atoms with Gasteiger partial charge < -0.3 is 15.2 Å². The van der Waals surface area contributed by atoms with Gasteiger partial charge in [-0.3, -0.25) is 4.79 Å². The van der Waals surface area contributed by atoms with Crippen molar-refractivity contribution < 1.29 is 14.6 Å². The van der Waals surface area contributed by atoms with E-state index in [2.05, 4.69) is 5.32 Å². The van der Waals surface area contributed by atoms with Gasteiger partial charge in [-0.25, -0.2) is 0 Å². The minimum absolute atomic E-state index is 0.665. The molecule has 2 aromatic rings. The fourth-order valence-corrected chi connectivity index (χ4v) is 2.19. The van der Waals surface area contributed by atoms with Gasteiger partial charge in [-0.1, -0.05) is 25.1 Å². The number of hydrogen-bond acceptors (Lipinski definition) is 3. The molecule has 0 aliphatic heterocycles. The van der Waals surface area contributed by atoms with Crippen LogP contribution in [0.3, 0.4) is 0 Å². The number of ether oxygens (including phenoxy) is 1. The Morgan fingerprint density at radius 1 is 1.25 bits per heavy atom. The first kappa shape index (κ1) is 14.3. The van der Waals surface area contributed by atoms with Gasteiger partial charge in [-0.05, 0) is 47.5 Å². The number of benzene rings is 2. The summed E-state index contributed by atoms with van der Waals surface area (Å²) in [7, 11) is 1.63. The highest BCUT2D eigenvalue weighted by Gasteiger charge is 2.18. The van der Waals surface area contributed by atoms with Crippen LogP contribution in [0.4, 0.5) is 0 Å². The molecule has 1 atom stereocenters. The summed E-state index contributed by atoms with van der Waals surface area (Å²) in [5, 5.41) is 14.4. The molecule has 106 valence electrons. The molecule has 0 spiro atoms. The van der Waals surface area contributed by atoms with E-state index in [-0.39, 0.29) is 0 Å². The van der Waals surface area contributed by atoms with Crippen LogP contribution in [-0.2, 0) is 4.79 Å². The molecule has 0 saturated heterocycles. The highest BCUT2D eigenvalue weighted by Crippen LogP contribution is 2.24. The van der Waals surface area contributed by atoms with Gasteiger partial charge in [0.15, 0.2) is 0 Å². The Balaban J connectivity index is 2.36. The molecule has 0 aliphatic carbocycles. The molecule has 1 unspecified atom stereocenters. The molecule has 0 bridgehead atoms. The zero-order valence-electron chi connectivity index (χ0n) is 11.7. The first-order valence-electron chi connectivity index (χ1n) is 6.69. The van der Waals surface area contributed by atoms with E-state index in [0.717, 1.165) is 28.5 Å². The Labute approximate surface area is 118 Å². The first-order valence-corrected chi connectivity index (χ1v) is 6.69. The molecular weight excluding hydrogens is 254 g/mol. The van der Waals surface area contributed by atoms with Crippen molar-refractivity contribution in [3.05, 3.63) is 42.0 Å². The van der Waals surface area contributed by atoms with Crippen molar-refractivity contribution >= 4 is 16.7 Å². The lowest BCUT2D eigenvalue weighted by Gasteiger charge is -2.15. The number of hydrogen-bond donors (Lipinski definition) is 2. The van der Waals surface area contributed by atoms with Gasteiger partial charge in [0.25, 0.3) is 0 Å². The van der Waals surface area contributed by atoms with Crippen molar-refractivity contribution in [2.75, 3.05) is 13.7 Å². The van der Waals surface area contributed by atoms with Crippen LogP contribution in [0, 0.1) is 0 Å². The molecule has 20 heavy (non-hydrogen) atoms. The van der Waals surface area contributed by atoms with Crippen LogP contribution in [0.15, 0.2) is 36.4 Å². The summed E-state index contributed by atoms with van der Waals surface area (Å²) in [4.78, 5) is 11.4. The summed E-state index contributed by atoms with van der Waals surface area (Å²) in [6, 6.07) is 10.8. The maximum atomic E-state index is 11.4. The van der Waals surface area contributed by atoms with E-state index in [4.69, 9.17) is 4.74 Å². The molecule has 0 aliphatic rings. The van der Waals surface area contributed by atoms with Crippen LogP contribution in [0.2, 0.25) is 0 Å². The van der Waals surface area contributed by atoms with Crippen molar-refractivity contribution in [3.8, 4) is 5.75 Å². The fourth-order valence-electron chi connectivity index (χ4n) is 2.19. The number of rotatable bonds is 6. The second-order valence-electron chi connectivity index (χ2n) is 4.70. The molecule has 2 N–H and O–H groups in total. The molecule has 0 radical (unpaired) electrons. The molecular formula is C16H19NO3. The molecule has 2 rings (SSSR count). The van der Waals surface area contributed by atoms with Crippen molar-refractivity contribution in [1.29, 1.82) is 0 Å². The molecule has 2 aromatic carbocycles. The predicted molar refractivity (Wildman–Crippen MR) is 79.2 cm³/mol. The zero-order chi connectivity index (χ0) is 14.5. The van der Waals surface area contributed by atoms with E-state index in [0.29, 0.717) is 6.54 Å². The predicted octanol–water partition coefficient (Wildman–Crippen LogP) is 2.97. The van der Waals surface area contributed by atoms with Gasteiger partial charge in [0, 0.05) is 0 Å². The number of fused-ring (bicyclic) bond motifs is 1. The van der Waals surface area contributed by atoms with E-state index in [1.165, 1.54) is 0 Å². The lowest BCUT2D eigenvalue weighted by atomic mass is 10.0. The first-order chi connectivity index (χ1) is 9.65. The second-order valence-corrected chi connectivity index (χ2v) is 4.70. The fraction of sp³-hybridized carbons (Fsp3) is 0.312. The lowest BCUT2D eigenvalue weighted by molar-refractivity contribution is -0.139. The van der Waals surface area contributed by atoms with E-state index in [1.807, 2.05) is 43.3 Å². The van der Waals surface area contributed by atoms with Crippen LogP contribution in [0.1, 0.15) is 24.9 Å². The van der Waals surface area contributed by atoms with Crippen LogP contribution >= 0.6 is 0 Å². The average molecular weight is 273 g/mol. The molecule has 4 heteroatoms. The van der Waals surface area contributed by atoms with Crippen molar-refractivity contribution in [2.24, 2.45) is 0 Å². The van der Waals surface area contributed by atoms with Crippen LogP contribution in [0.25, 0.3) is 10.8 Å². The highest BCUT2D eigenvalue weighted by molar-refractivity contribution is 5.86. The minimum Gasteiger partial charge on any atom is -0.497 e. The number of nitrogens with one attached hydrogen (secondary N) is 1. The minimum atomic E-state index is -0.855.